The summed E-state index contributed by atoms with van der Waals surface area (Å²) in [5.74, 6) is -0.297. The number of unbranched alkanes of at least 4 members (excludes halogenated alkanes) is 15. The largest absolute Gasteiger partial charge is 0.394 e. The maximum atomic E-state index is 13.2. The molecule has 3 aliphatic rings. The van der Waals surface area contributed by atoms with E-state index in [4.69, 9.17) is 28.4 Å². The van der Waals surface area contributed by atoms with Crippen molar-refractivity contribution in [3.63, 3.8) is 0 Å². The molecule has 0 bridgehead atoms. The molecule has 418 valence electrons. The molecule has 0 aliphatic carbocycles. The molecule has 3 fully saturated rings. The first-order valence-corrected chi connectivity index (χ1v) is 26.9. The number of ether oxygens (including phenoxy) is 6. The zero-order chi connectivity index (χ0) is 52.7. The summed E-state index contributed by atoms with van der Waals surface area (Å²) >= 11 is 0. The molecule has 17 atom stereocenters. The van der Waals surface area contributed by atoms with Crippen LogP contribution in [0.1, 0.15) is 149 Å². The van der Waals surface area contributed by atoms with Gasteiger partial charge >= 0.3 is 0 Å². The van der Waals surface area contributed by atoms with Crippen molar-refractivity contribution in [2.24, 2.45) is 0 Å². The van der Waals surface area contributed by atoms with Crippen LogP contribution in [0.5, 0.6) is 0 Å². The van der Waals surface area contributed by atoms with E-state index >= 15 is 0 Å². The van der Waals surface area contributed by atoms with Gasteiger partial charge < -0.3 is 89.9 Å². The van der Waals surface area contributed by atoms with Crippen LogP contribution in [0.15, 0.2) is 48.6 Å². The van der Waals surface area contributed by atoms with E-state index in [1.807, 2.05) is 6.08 Å². The van der Waals surface area contributed by atoms with Gasteiger partial charge in [-0.3, -0.25) is 4.79 Å². The van der Waals surface area contributed by atoms with E-state index in [9.17, 15) is 61.0 Å². The number of aliphatic hydroxyl groups excluding tert-OH is 11. The molecular formula is C53H93NO18. The van der Waals surface area contributed by atoms with E-state index in [-0.39, 0.29) is 18.9 Å². The van der Waals surface area contributed by atoms with E-state index < -0.39 is 124 Å². The van der Waals surface area contributed by atoms with Crippen LogP contribution in [0.3, 0.4) is 0 Å². The molecule has 3 heterocycles. The third-order valence-corrected chi connectivity index (χ3v) is 13.4. The number of allylic oxidation sites excluding steroid dienone is 7. The van der Waals surface area contributed by atoms with Gasteiger partial charge in [-0.2, -0.15) is 0 Å². The minimum atomic E-state index is -1.98. The van der Waals surface area contributed by atoms with Crippen molar-refractivity contribution < 1.29 is 89.4 Å². The maximum absolute atomic E-state index is 13.2. The number of amides is 1. The number of hydrogen-bond acceptors (Lipinski definition) is 18. The number of carbonyl (C=O) groups excluding carboxylic acids is 1. The highest BCUT2D eigenvalue weighted by Gasteiger charge is 2.53. The Bertz CT molecular complexity index is 1520. The van der Waals surface area contributed by atoms with Crippen molar-refractivity contribution in [1.29, 1.82) is 0 Å². The maximum Gasteiger partial charge on any atom is 0.220 e. The fourth-order valence-corrected chi connectivity index (χ4v) is 8.91. The molecule has 0 saturated carbocycles. The summed E-state index contributed by atoms with van der Waals surface area (Å²) in [6.07, 6.45) is 11.1. The van der Waals surface area contributed by atoms with Crippen LogP contribution in [0, 0.1) is 0 Å². The summed E-state index contributed by atoms with van der Waals surface area (Å²) in [5, 5.41) is 120. The highest BCUT2D eigenvalue weighted by atomic mass is 16.8. The number of aliphatic hydroxyl groups is 11. The van der Waals surface area contributed by atoms with Crippen LogP contribution < -0.4 is 5.32 Å². The van der Waals surface area contributed by atoms with Gasteiger partial charge in [0.25, 0.3) is 0 Å². The Morgan fingerprint density at radius 3 is 1.50 bits per heavy atom. The van der Waals surface area contributed by atoms with Crippen molar-refractivity contribution in [3.05, 3.63) is 48.6 Å². The third kappa shape index (κ3) is 22.5. The average Bonchev–Trinajstić information content (AvgIpc) is 3.37. The molecule has 19 nitrogen and oxygen atoms in total. The molecule has 0 aromatic rings. The minimum Gasteiger partial charge on any atom is -0.394 e. The predicted molar refractivity (Wildman–Crippen MR) is 268 cm³/mol. The van der Waals surface area contributed by atoms with E-state index in [2.05, 4.69) is 55.6 Å². The van der Waals surface area contributed by atoms with E-state index in [0.29, 0.717) is 6.42 Å². The molecule has 0 aromatic heterocycles. The number of carbonyl (C=O) groups is 1. The lowest BCUT2D eigenvalue weighted by atomic mass is 9.96. The van der Waals surface area contributed by atoms with Gasteiger partial charge in [-0.15, -0.1) is 0 Å². The Morgan fingerprint density at radius 1 is 0.514 bits per heavy atom. The Balaban J connectivity index is 1.56. The van der Waals surface area contributed by atoms with E-state index in [0.717, 1.165) is 77.0 Å². The summed E-state index contributed by atoms with van der Waals surface area (Å²) < 4.78 is 34.1. The van der Waals surface area contributed by atoms with Crippen molar-refractivity contribution in [3.8, 4) is 0 Å². The standard InChI is InChI=1S/C53H93NO18/c1-3-5-7-9-11-13-15-17-18-19-21-23-25-27-29-31-41(59)54-36(37(58)30-28-26-24-22-20-16-14-12-10-8-6-4-2)35-67-51-47(65)44(62)49(39(33-56)69-51)72-53-48(66)45(63)50(40(34-57)70-53)71-52-46(64)43(61)42(60)38(32-55)68-52/h5,7,11,13,17-18,28,30,36-40,42-53,55-58,60-66H,3-4,6,8-10,12,14-16,19-27,29,31-35H2,1-2H3,(H,54,59)/b7-5-,13-11-,18-17-,30-28+. The lowest BCUT2D eigenvalue weighted by Crippen LogP contribution is -2.66. The highest BCUT2D eigenvalue weighted by molar-refractivity contribution is 5.76. The normalized spacial score (nSPS) is 32.4. The summed E-state index contributed by atoms with van der Waals surface area (Å²) in [5.41, 5.74) is 0. The van der Waals surface area contributed by atoms with Gasteiger partial charge in [0.1, 0.15) is 73.2 Å². The number of rotatable bonds is 37. The summed E-state index contributed by atoms with van der Waals surface area (Å²) in [6.45, 7) is 1.54. The molecular weight excluding hydrogens is 939 g/mol. The van der Waals surface area contributed by atoms with Crippen molar-refractivity contribution in [2.75, 3.05) is 26.4 Å². The highest BCUT2D eigenvalue weighted by Crippen LogP contribution is 2.33. The quantitative estimate of drug-likeness (QED) is 0.0315. The zero-order valence-electron chi connectivity index (χ0n) is 42.9. The molecule has 1 amide bonds. The molecule has 0 aromatic carbocycles. The first-order valence-electron chi connectivity index (χ1n) is 26.9. The van der Waals surface area contributed by atoms with Gasteiger partial charge in [0.15, 0.2) is 18.9 Å². The van der Waals surface area contributed by atoms with Gasteiger partial charge in [-0.1, -0.05) is 140 Å². The zero-order valence-corrected chi connectivity index (χ0v) is 42.9. The van der Waals surface area contributed by atoms with Crippen LogP contribution >= 0.6 is 0 Å². The van der Waals surface area contributed by atoms with Crippen LogP contribution in [0.2, 0.25) is 0 Å². The van der Waals surface area contributed by atoms with Crippen LogP contribution in [0.4, 0.5) is 0 Å². The SMILES string of the molecule is CC/C=C\C/C=C\C/C=C\CCCCCCCC(=O)NC(COC1OC(CO)C(OC2OC(CO)C(OC3OC(CO)C(O)C(O)C3O)C(O)C2O)C(O)C1O)C(O)/C=C/CCCCCCCCCCCC. The van der Waals surface area contributed by atoms with Gasteiger partial charge in [-0.05, 0) is 51.4 Å². The van der Waals surface area contributed by atoms with E-state index in [1.54, 1.807) is 6.08 Å². The van der Waals surface area contributed by atoms with Crippen molar-refractivity contribution in [2.45, 2.75) is 253 Å². The lowest BCUT2D eigenvalue weighted by molar-refractivity contribution is -0.379. The van der Waals surface area contributed by atoms with Gasteiger partial charge in [0, 0.05) is 6.42 Å². The first kappa shape index (κ1) is 64.0. The van der Waals surface area contributed by atoms with Crippen LogP contribution in [-0.4, -0.2) is 193 Å². The second kappa shape index (κ2) is 37.5. The summed E-state index contributed by atoms with van der Waals surface area (Å²) in [4.78, 5) is 13.2. The Labute approximate surface area is 427 Å². The third-order valence-electron chi connectivity index (χ3n) is 13.4. The molecule has 12 N–H and O–H groups in total. The molecule has 0 spiro atoms. The molecule has 3 saturated heterocycles. The Hall–Kier alpha value is -2.25. The molecule has 72 heavy (non-hydrogen) atoms. The van der Waals surface area contributed by atoms with Gasteiger partial charge in [-0.25, -0.2) is 0 Å². The number of nitrogens with one attached hydrogen (secondary N) is 1. The lowest BCUT2D eigenvalue weighted by Gasteiger charge is -2.48. The van der Waals surface area contributed by atoms with Crippen molar-refractivity contribution >= 4 is 5.91 Å². The van der Waals surface area contributed by atoms with Gasteiger partial charge in [0.2, 0.25) is 5.91 Å². The predicted octanol–water partition coefficient (Wildman–Crippen LogP) is 2.75. The molecule has 0 radical (unpaired) electrons. The van der Waals surface area contributed by atoms with Crippen molar-refractivity contribution in [1.82, 2.24) is 5.32 Å². The second-order valence-electron chi connectivity index (χ2n) is 19.3. The minimum absolute atomic E-state index is 0.222. The fraction of sp³-hybridized carbons (Fsp3) is 0.830. The Morgan fingerprint density at radius 2 is 0.958 bits per heavy atom. The average molecular weight is 1030 g/mol. The monoisotopic (exact) mass is 1030 g/mol. The van der Waals surface area contributed by atoms with Crippen LogP contribution in [-0.2, 0) is 33.2 Å². The fourth-order valence-electron chi connectivity index (χ4n) is 8.91. The first-order chi connectivity index (χ1) is 34.8. The summed E-state index contributed by atoms with van der Waals surface area (Å²) in [7, 11) is 0. The number of hydrogen-bond donors (Lipinski definition) is 12. The molecule has 3 aliphatic heterocycles. The van der Waals surface area contributed by atoms with E-state index in [1.165, 1.54) is 44.9 Å². The smallest absolute Gasteiger partial charge is 0.220 e. The second-order valence-corrected chi connectivity index (χ2v) is 19.3. The summed E-state index contributed by atoms with van der Waals surface area (Å²) in [6, 6.07) is -0.980. The molecule has 17 unspecified atom stereocenters. The van der Waals surface area contributed by atoms with Gasteiger partial charge in [0.05, 0.1) is 38.6 Å². The molecule has 3 rings (SSSR count). The Kier molecular flexibility index (Phi) is 33.3. The topological polar surface area (TPSA) is 307 Å². The van der Waals surface area contributed by atoms with Crippen LogP contribution in [0.25, 0.3) is 0 Å². The molecule has 19 heteroatoms.